The summed E-state index contributed by atoms with van der Waals surface area (Å²) in [7, 11) is 1.86. The third-order valence-corrected chi connectivity index (χ3v) is 3.85. The number of anilines is 1. The van der Waals surface area contributed by atoms with Gasteiger partial charge in [0.25, 0.3) is 0 Å². The van der Waals surface area contributed by atoms with Crippen molar-refractivity contribution in [2.24, 2.45) is 0 Å². The summed E-state index contributed by atoms with van der Waals surface area (Å²) >= 11 is 0. The molecule has 0 radical (unpaired) electrons. The van der Waals surface area contributed by atoms with Gasteiger partial charge in [-0.15, -0.1) is 0 Å². The summed E-state index contributed by atoms with van der Waals surface area (Å²) in [5.74, 6) is 0. The summed E-state index contributed by atoms with van der Waals surface area (Å²) in [6.45, 7) is 0. The van der Waals surface area contributed by atoms with Gasteiger partial charge in [-0.2, -0.15) is 0 Å². The molecule has 0 unspecified atom stereocenters. The first-order valence-electron chi connectivity index (χ1n) is 7.30. The lowest BCUT2D eigenvalue weighted by atomic mass is 9.99. The lowest BCUT2D eigenvalue weighted by Crippen LogP contribution is -2.14. The number of hydrazine groups is 1. The highest BCUT2D eigenvalue weighted by Gasteiger charge is 2.11. The van der Waals surface area contributed by atoms with Crippen LogP contribution in [0.1, 0.15) is 0 Å². The van der Waals surface area contributed by atoms with Crippen LogP contribution in [0.15, 0.2) is 71.1 Å². The van der Waals surface area contributed by atoms with Crippen LogP contribution in [0.25, 0.3) is 33.1 Å². The standard InChI is InChI=1S/C19H16N2O/c1-20-21-14-7-4-6-13(12-14)15-9-5-11-18-19(15)16-8-2-3-10-17(16)22-18/h2-12,20-21H,1H3. The smallest absolute Gasteiger partial charge is 0.136 e. The van der Waals surface area contributed by atoms with Crippen molar-refractivity contribution in [2.45, 2.75) is 0 Å². The quantitative estimate of drug-likeness (QED) is 0.532. The summed E-state index contributed by atoms with van der Waals surface area (Å²) in [6.07, 6.45) is 0. The molecule has 1 aromatic heterocycles. The zero-order valence-corrected chi connectivity index (χ0v) is 12.3. The molecule has 1 heterocycles. The molecule has 0 saturated carbocycles. The molecule has 108 valence electrons. The van der Waals surface area contributed by atoms with Crippen LogP contribution < -0.4 is 10.9 Å². The summed E-state index contributed by atoms with van der Waals surface area (Å²) < 4.78 is 5.96. The average Bonchev–Trinajstić information content (AvgIpc) is 2.94. The predicted molar refractivity (Wildman–Crippen MR) is 91.8 cm³/mol. The van der Waals surface area contributed by atoms with Gasteiger partial charge >= 0.3 is 0 Å². The zero-order chi connectivity index (χ0) is 14.9. The van der Waals surface area contributed by atoms with E-state index in [1.807, 2.05) is 43.4 Å². The topological polar surface area (TPSA) is 37.2 Å². The molecule has 0 amide bonds. The second-order valence-corrected chi connectivity index (χ2v) is 5.23. The Morgan fingerprint density at radius 3 is 2.55 bits per heavy atom. The summed E-state index contributed by atoms with van der Waals surface area (Å²) in [5.41, 5.74) is 11.3. The van der Waals surface area contributed by atoms with Gasteiger partial charge in [-0.1, -0.05) is 42.5 Å². The number of rotatable bonds is 3. The van der Waals surface area contributed by atoms with Crippen molar-refractivity contribution in [3.63, 3.8) is 0 Å². The molecular formula is C19H16N2O. The van der Waals surface area contributed by atoms with Gasteiger partial charge in [0, 0.05) is 23.5 Å². The van der Waals surface area contributed by atoms with Crippen molar-refractivity contribution in [3.8, 4) is 11.1 Å². The number of furan rings is 1. The van der Waals surface area contributed by atoms with Gasteiger partial charge in [-0.25, -0.2) is 5.43 Å². The highest BCUT2D eigenvalue weighted by atomic mass is 16.3. The van der Waals surface area contributed by atoms with E-state index >= 15 is 0 Å². The molecule has 0 aliphatic heterocycles. The normalized spacial score (nSPS) is 11.1. The Morgan fingerprint density at radius 1 is 0.818 bits per heavy atom. The highest BCUT2D eigenvalue weighted by Crippen LogP contribution is 2.36. The van der Waals surface area contributed by atoms with Crippen LogP contribution in [0.5, 0.6) is 0 Å². The molecule has 4 aromatic rings. The van der Waals surface area contributed by atoms with E-state index in [-0.39, 0.29) is 0 Å². The number of fused-ring (bicyclic) bond motifs is 3. The fourth-order valence-electron chi connectivity index (χ4n) is 2.92. The first kappa shape index (κ1) is 12.9. The van der Waals surface area contributed by atoms with Crippen molar-refractivity contribution >= 4 is 27.6 Å². The minimum absolute atomic E-state index is 0.922. The molecule has 3 aromatic carbocycles. The molecule has 3 heteroatoms. The van der Waals surface area contributed by atoms with Crippen molar-refractivity contribution < 1.29 is 4.42 Å². The lowest BCUT2D eigenvalue weighted by molar-refractivity contribution is 0.669. The van der Waals surface area contributed by atoms with Crippen molar-refractivity contribution in [1.29, 1.82) is 0 Å². The molecule has 0 bridgehead atoms. The van der Waals surface area contributed by atoms with Crippen LogP contribution >= 0.6 is 0 Å². The molecule has 22 heavy (non-hydrogen) atoms. The van der Waals surface area contributed by atoms with Crippen molar-refractivity contribution in [2.75, 3.05) is 12.5 Å². The predicted octanol–water partition coefficient (Wildman–Crippen LogP) is 4.80. The summed E-state index contributed by atoms with van der Waals surface area (Å²) in [5, 5.41) is 2.32. The number of hydrogen-bond acceptors (Lipinski definition) is 3. The Kier molecular flexibility index (Phi) is 3.06. The van der Waals surface area contributed by atoms with E-state index in [4.69, 9.17) is 4.42 Å². The van der Waals surface area contributed by atoms with Crippen molar-refractivity contribution in [1.82, 2.24) is 5.43 Å². The highest BCUT2D eigenvalue weighted by molar-refractivity contribution is 6.12. The summed E-state index contributed by atoms with van der Waals surface area (Å²) in [4.78, 5) is 0. The maximum absolute atomic E-state index is 5.96. The van der Waals surface area contributed by atoms with Gasteiger partial charge in [-0.05, 0) is 35.4 Å². The van der Waals surface area contributed by atoms with Crippen LogP contribution in [0.2, 0.25) is 0 Å². The molecule has 0 spiro atoms. The van der Waals surface area contributed by atoms with Gasteiger partial charge in [0.1, 0.15) is 11.2 Å². The first-order valence-corrected chi connectivity index (χ1v) is 7.30. The van der Waals surface area contributed by atoms with Crippen LogP contribution in [0.3, 0.4) is 0 Å². The molecule has 0 aliphatic carbocycles. The largest absolute Gasteiger partial charge is 0.456 e. The van der Waals surface area contributed by atoms with Gasteiger partial charge in [0.05, 0.1) is 0 Å². The summed E-state index contributed by atoms with van der Waals surface area (Å²) in [6, 6.07) is 22.7. The van der Waals surface area contributed by atoms with Crippen LogP contribution in [-0.4, -0.2) is 7.05 Å². The van der Waals surface area contributed by atoms with E-state index in [1.165, 1.54) is 10.9 Å². The van der Waals surface area contributed by atoms with Gasteiger partial charge in [0.2, 0.25) is 0 Å². The molecular weight excluding hydrogens is 272 g/mol. The Hall–Kier alpha value is -2.78. The maximum atomic E-state index is 5.96. The van der Waals surface area contributed by atoms with E-state index in [0.29, 0.717) is 0 Å². The lowest BCUT2D eigenvalue weighted by Gasteiger charge is -2.08. The van der Waals surface area contributed by atoms with Gasteiger partial charge < -0.3 is 9.84 Å². The van der Waals surface area contributed by atoms with Crippen LogP contribution in [-0.2, 0) is 0 Å². The first-order chi connectivity index (χ1) is 10.9. The minimum Gasteiger partial charge on any atom is -0.456 e. The molecule has 0 saturated heterocycles. The van der Waals surface area contributed by atoms with E-state index in [1.54, 1.807) is 0 Å². The third-order valence-electron chi connectivity index (χ3n) is 3.85. The van der Waals surface area contributed by atoms with E-state index in [0.717, 1.165) is 27.8 Å². The van der Waals surface area contributed by atoms with Crippen LogP contribution in [0.4, 0.5) is 5.69 Å². The number of benzene rings is 3. The number of hydrogen-bond donors (Lipinski definition) is 2. The number of para-hydroxylation sites is 1. The van der Waals surface area contributed by atoms with Gasteiger partial charge in [0.15, 0.2) is 0 Å². The monoisotopic (exact) mass is 288 g/mol. The van der Waals surface area contributed by atoms with Crippen molar-refractivity contribution in [3.05, 3.63) is 66.7 Å². The van der Waals surface area contributed by atoms with E-state index in [2.05, 4.69) is 41.2 Å². The molecule has 0 atom stereocenters. The van der Waals surface area contributed by atoms with Crippen LogP contribution in [0, 0.1) is 0 Å². The SMILES string of the molecule is CNNc1cccc(-c2cccc3oc4ccccc4c23)c1. The fraction of sp³-hybridized carbons (Fsp3) is 0.0526. The van der Waals surface area contributed by atoms with E-state index < -0.39 is 0 Å². The molecule has 4 rings (SSSR count). The molecule has 0 aliphatic rings. The second kappa shape index (κ2) is 5.20. The Balaban J connectivity index is 2.00. The van der Waals surface area contributed by atoms with E-state index in [9.17, 15) is 0 Å². The number of nitrogens with one attached hydrogen (secondary N) is 2. The van der Waals surface area contributed by atoms with Gasteiger partial charge in [-0.3, -0.25) is 0 Å². The Labute approximate surface area is 128 Å². The molecule has 2 N–H and O–H groups in total. The Morgan fingerprint density at radius 2 is 1.64 bits per heavy atom. The third kappa shape index (κ3) is 2.03. The average molecular weight is 288 g/mol. The fourth-order valence-corrected chi connectivity index (χ4v) is 2.92. The minimum atomic E-state index is 0.922. The zero-order valence-electron chi connectivity index (χ0n) is 12.3. The second-order valence-electron chi connectivity index (χ2n) is 5.23. The molecule has 0 fully saturated rings. The maximum Gasteiger partial charge on any atom is 0.136 e. The Bertz CT molecular complexity index is 956. The molecule has 3 nitrogen and oxygen atoms in total.